The van der Waals surface area contributed by atoms with E-state index in [1.54, 1.807) is 30.3 Å². The fraction of sp³-hybridized carbons (Fsp3) is 0.488. The molecule has 5 atom stereocenters. The highest BCUT2D eigenvalue weighted by Crippen LogP contribution is 2.47. The molecule has 1 aliphatic heterocycles. The number of hydrogen-bond donors (Lipinski definition) is 4. The first-order valence-corrected chi connectivity index (χ1v) is 20.8. The minimum absolute atomic E-state index is 0.0219. The number of hydrogen-bond acceptors (Lipinski definition) is 9. The molecule has 1 saturated heterocycles. The van der Waals surface area contributed by atoms with Crippen molar-refractivity contribution in [1.82, 2.24) is 24.9 Å². The summed E-state index contributed by atoms with van der Waals surface area (Å²) in [5, 5.41) is 16.5. The Balaban J connectivity index is 1.34. The monoisotopic (exact) mass is 799 g/mol. The Hall–Kier alpha value is -4.17. The zero-order chi connectivity index (χ0) is 40.7. The van der Waals surface area contributed by atoms with Crippen LogP contribution in [0, 0.1) is 0 Å². The number of para-hydroxylation sites is 1. The quantitative estimate of drug-likeness (QED) is 0.0484. The van der Waals surface area contributed by atoms with Gasteiger partial charge in [-0.15, -0.1) is 0 Å². The molecule has 1 amide bonds. The molecule has 2 aromatic rings. The van der Waals surface area contributed by atoms with Crippen LogP contribution in [0.1, 0.15) is 71.4 Å². The number of aliphatic hydroxyl groups is 1. The molecule has 308 valence electrons. The predicted molar refractivity (Wildman–Crippen MR) is 218 cm³/mol. The van der Waals surface area contributed by atoms with Gasteiger partial charge in [0.15, 0.2) is 11.9 Å². The van der Waals surface area contributed by atoms with E-state index in [0.717, 1.165) is 68.7 Å². The highest BCUT2D eigenvalue weighted by Gasteiger charge is 2.55. The second kappa shape index (κ2) is 25.2. The maximum atomic E-state index is 15.7. The number of rotatable bonds is 26. The summed E-state index contributed by atoms with van der Waals surface area (Å²) in [6.07, 6.45) is 24.8. The zero-order valence-corrected chi connectivity index (χ0v) is 33.7. The predicted octanol–water partition coefficient (Wildman–Crippen LogP) is 6.29. The van der Waals surface area contributed by atoms with Gasteiger partial charge in [-0.05, 0) is 71.0 Å². The molecule has 1 aliphatic rings. The Bertz CT molecular complexity index is 1770. The van der Waals surface area contributed by atoms with Gasteiger partial charge in [0.05, 0.1) is 6.61 Å². The number of nitrogens with zero attached hydrogens (tertiary/aromatic N) is 2. The van der Waals surface area contributed by atoms with Crippen molar-refractivity contribution in [2.75, 3.05) is 39.8 Å². The van der Waals surface area contributed by atoms with E-state index >= 15 is 4.39 Å². The van der Waals surface area contributed by atoms with Crippen LogP contribution in [0.25, 0.3) is 0 Å². The SMILES string of the molecule is CC/C=C\C/C=C\C/C=C\C/C=C\C/C=C\CCCC(=O)NCCN(C)CCNP(=O)(OC[C@H]1O[C@@H](n2ccc(=O)[nH]c2=O)[C@](C)(F)[C@@H]1O)Oc1ccccc1. The number of H-pyrrole nitrogens is 1. The van der Waals surface area contributed by atoms with Crippen LogP contribution in [0.3, 0.4) is 0 Å². The second-order valence-corrected chi connectivity index (χ2v) is 15.3. The molecular formula is C41H59FN5O8P. The van der Waals surface area contributed by atoms with Gasteiger partial charge in [0.25, 0.3) is 5.56 Å². The standard InChI is InChI=1S/C41H59FN5O8P/c1-4-5-6-7-8-9-10-11-12-13-14-15-16-17-18-19-23-26-36(48)43-28-31-46(3)32-29-44-56(52,55-34-24-21-20-22-25-34)53-33-35-38(50)41(2,42)39(54-35)47-30-27-37(49)45-40(47)51/h5-6,8-9,11-12,14-15,17-18,20-22,24-25,27,30,35,38-39,50H,4,7,10,13,16,19,23,26,28-29,31-33H2,1-3H3,(H,43,48)(H,44,52)(H,45,49,51)/b6-5-,9-8-,12-11-,15-14-,18-17-/t35-,38-,39-,41-,56?/m1/s1. The molecular weight excluding hydrogens is 740 g/mol. The van der Waals surface area contributed by atoms with E-state index in [2.05, 4.69) is 78.1 Å². The number of aromatic nitrogens is 2. The van der Waals surface area contributed by atoms with Crippen LogP contribution in [0.5, 0.6) is 5.75 Å². The second-order valence-electron chi connectivity index (χ2n) is 13.5. The molecule has 0 radical (unpaired) electrons. The van der Waals surface area contributed by atoms with E-state index in [9.17, 15) is 24.1 Å². The Morgan fingerprint density at radius 3 is 2.21 bits per heavy atom. The molecule has 0 spiro atoms. The Labute approximate surface area is 329 Å². The van der Waals surface area contributed by atoms with Crippen molar-refractivity contribution in [3.63, 3.8) is 0 Å². The molecule has 0 aliphatic carbocycles. The largest absolute Gasteiger partial charge is 0.458 e. The van der Waals surface area contributed by atoms with Crippen molar-refractivity contribution in [2.45, 2.75) is 89.3 Å². The van der Waals surface area contributed by atoms with Gasteiger partial charge < -0.3 is 24.6 Å². The van der Waals surface area contributed by atoms with Crippen molar-refractivity contribution in [1.29, 1.82) is 0 Å². The van der Waals surface area contributed by atoms with Crippen LogP contribution in [0.15, 0.2) is 113 Å². The van der Waals surface area contributed by atoms with Crippen molar-refractivity contribution in [2.24, 2.45) is 0 Å². The molecule has 0 bridgehead atoms. The summed E-state index contributed by atoms with van der Waals surface area (Å²) in [5.74, 6) is 0.230. The number of alkyl halides is 1. The number of nitrogens with one attached hydrogen (secondary N) is 3. The van der Waals surface area contributed by atoms with Crippen LogP contribution < -0.4 is 26.2 Å². The third-order valence-electron chi connectivity index (χ3n) is 8.75. The van der Waals surface area contributed by atoms with Crippen LogP contribution in [0.2, 0.25) is 0 Å². The lowest BCUT2D eigenvalue weighted by Gasteiger charge is -2.25. The molecule has 13 nitrogen and oxygen atoms in total. The van der Waals surface area contributed by atoms with Gasteiger partial charge in [-0.2, -0.15) is 0 Å². The summed E-state index contributed by atoms with van der Waals surface area (Å²) in [6, 6.07) is 9.36. The number of halogens is 1. The van der Waals surface area contributed by atoms with E-state index in [0.29, 0.717) is 26.1 Å². The first-order chi connectivity index (χ1) is 26.9. The van der Waals surface area contributed by atoms with Gasteiger partial charge in [-0.25, -0.2) is 18.8 Å². The third kappa shape index (κ3) is 16.9. The summed E-state index contributed by atoms with van der Waals surface area (Å²) in [5.41, 5.74) is -4.04. The van der Waals surface area contributed by atoms with Gasteiger partial charge in [-0.1, -0.05) is 85.9 Å². The average molecular weight is 800 g/mol. The maximum Gasteiger partial charge on any atom is 0.458 e. The highest BCUT2D eigenvalue weighted by molar-refractivity contribution is 7.52. The highest BCUT2D eigenvalue weighted by atomic mass is 31.2. The van der Waals surface area contributed by atoms with Gasteiger partial charge in [-0.3, -0.25) is 23.7 Å². The topological polar surface area (TPSA) is 164 Å². The lowest BCUT2D eigenvalue weighted by Crippen LogP contribution is -2.43. The molecule has 0 saturated carbocycles. The number of likely N-dealkylation sites (N-methyl/N-ethyl adjacent to an activating group) is 1. The summed E-state index contributed by atoms with van der Waals surface area (Å²) in [7, 11) is -2.25. The van der Waals surface area contributed by atoms with E-state index < -0.39 is 49.7 Å². The normalized spacial score (nSPS) is 21.4. The smallest absolute Gasteiger partial charge is 0.413 e. The maximum absolute atomic E-state index is 15.7. The number of unbranched alkanes of at least 4 members (excludes halogenated alkanes) is 1. The molecule has 3 rings (SSSR count). The van der Waals surface area contributed by atoms with Crippen LogP contribution >= 0.6 is 7.75 Å². The number of amides is 1. The van der Waals surface area contributed by atoms with E-state index in [4.69, 9.17) is 13.8 Å². The van der Waals surface area contributed by atoms with Crippen molar-refractivity contribution < 1.29 is 32.6 Å². The summed E-state index contributed by atoms with van der Waals surface area (Å²) < 4.78 is 47.4. The minimum Gasteiger partial charge on any atom is -0.413 e. The Morgan fingerprint density at radius 2 is 1.59 bits per heavy atom. The summed E-state index contributed by atoms with van der Waals surface area (Å²) in [6.45, 7) is 4.19. The fourth-order valence-electron chi connectivity index (χ4n) is 5.57. The molecule has 1 aromatic carbocycles. The number of carbonyl (C=O) groups excluding carboxylic acids is 1. The van der Waals surface area contributed by atoms with Gasteiger partial charge in [0, 0.05) is 44.9 Å². The van der Waals surface area contributed by atoms with Crippen LogP contribution in [0.4, 0.5) is 4.39 Å². The van der Waals surface area contributed by atoms with Crippen molar-refractivity contribution in [3.8, 4) is 5.75 Å². The number of allylic oxidation sites excluding steroid dienone is 10. The number of carbonyl (C=O) groups is 1. The van der Waals surface area contributed by atoms with Gasteiger partial charge >= 0.3 is 13.4 Å². The molecule has 1 aromatic heterocycles. The van der Waals surface area contributed by atoms with Crippen molar-refractivity contribution >= 4 is 13.7 Å². The lowest BCUT2D eigenvalue weighted by molar-refractivity contribution is -0.121. The molecule has 1 fully saturated rings. The van der Waals surface area contributed by atoms with Crippen molar-refractivity contribution in [3.05, 3.63) is 124 Å². The van der Waals surface area contributed by atoms with Gasteiger partial charge in [0.1, 0.15) is 18.0 Å². The van der Waals surface area contributed by atoms with Gasteiger partial charge in [0.2, 0.25) is 5.91 Å². The molecule has 2 heterocycles. The fourth-order valence-corrected chi connectivity index (χ4v) is 6.90. The van der Waals surface area contributed by atoms with E-state index in [-0.39, 0.29) is 18.2 Å². The van der Waals surface area contributed by atoms with E-state index in [1.807, 2.05) is 16.9 Å². The Kier molecular flexibility index (Phi) is 20.8. The minimum atomic E-state index is -4.10. The van der Waals surface area contributed by atoms with Crippen LogP contribution in [-0.4, -0.2) is 83.2 Å². The summed E-state index contributed by atoms with van der Waals surface area (Å²) in [4.78, 5) is 40.1. The van der Waals surface area contributed by atoms with Crippen LogP contribution in [-0.2, 0) is 18.6 Å². The number of aromatic amines is 1. The first-order valence-electron chi connectivity index (χ1n) is 19.2. The molecule has 15 heteroatoms. The third-order valence-corrected chi connectivity index (χ3v) is 10.3. The molecule has 1 unspecified atom stereocenters. The summed E-state index contributed by atoms with van der Waals surface area (Å²) >= 11 is 0. The Morgan fingerprint density at radius 1 is 0.982 bits per heavy atom. The number of ether oxygens (including phenoxy) is 1. The zero-order valence-electron chi connectivity index (χ0n) is 32.8. The van der Waals surface area contributed by atoms with E-state index in [1.165, 1.54) is 0 Å². The molecule has 56 heavy (non-hydrogen) atoms. The first kappa shape index (κ1) is 46.2. The number of benzene rings is 1. The lowest BCUT2D eigenvalue weighted by atomic mass is 9.98. The number of aliphatic hydroxyl groups excluding tert-OH is 1. The average Bonchev–Trinajstić information content (AvgIpc) is 3.39. The molecule has 4 N–H and O–H groups in total.